The van der Waals surface area contributed by atoms with Crippen LogP contribution in [0, 0.1) is 6.92 Å². The van der Waals surface area contributed by atoms with Crippen molar-refractivity contribution in [1.29, 1.82) is 0 Å². The summed E-state index contributed by atoms with van der Waals surface area (Å²) in [6, 6.07) is 0. The molecule has 0 unspecified atom stereocenters. The first-order chi connectivity index (χ1) is 9.10. The lowest BCUT2D eigenvalue weighted by atomic mass is 10.2. The van der Waals surface area contributed by atoms with Crippen molar-refractivity contribution in [3.05, 3.63) is 35.5 Å². The molecule has 0 fully saturated rings. The van der Waals surface area contributed by atoms with Crippen molar-refractivity contribution in [2.45, 2.75) is 13.5 Å². The number of nitrogens with zero attached hydrogens (tertiary/aromatic N) is 4. The fourth-order valence-corrected chi connectivity index (χ4v) is 1.64. The van der Waals surface area contributed by atoms with E-state index in [0.717, 1.165) is 11.3 Å². The summed E-state index contributed by atoms with van der Waals surface area (Å²) < 4.78 is 6.31. The molecule has 0 aliphatic carbocycles. The maximum Gasteiger partial charge on any atom is 0.358 e. The monoisotopic (exact) mass is 261 g/mol. The summed E-state index contributed by atoms with van der Waals surface area (Å²) in [5, 5.41) is 7.37. The highest BCUT2D eigenvalue weighted by atomic mass is 16.5. The van der Waals surface area contributed by atoms with Crippen LogP contribution in [0.3, 0.4) is 0 Å². The standard InChI is InChI=1S/C12H15N5O2/c1-8-9(7-17(2)16-8)4-14-11-6-13-10(5-15-11)12(18)19-3/h5-7H,4H2,1-3H3,(H,14,15). The molecule has 0 aliphatic heterocycles. The molecule has 0 atom stereocenters. The predicted octanol–water partition coefficient (Wildman–Crippen LogP) is 0.917. The lowest BCUT2D eigenvalue weighted by Gasteiger charge is -2.04. The lowest BCUT2D eigenvalue weighted by molar-refractivity contribution is 0.0593. The highest BCUT2D eigenvalue weighted by Crippen LogP contribution is 2.08. The van der Waals surface area contributed by atoms with E-state index in [2.05, 4.69) is 25.1 Å². The van der Waals surface area contributed by atoms with Crippen molar-refractivity contribution in [2.75, 3.05) is 12.4 Å². The molecule has 0 bridgehead atoms. The van der Waals surface area contributed by atoms with Crippen molar-refractivity contribution in [3.63, 3.8) is 0 Å². The van der Waals surface area contributed by atoms with Gasteiger partial charge in [0.2, 0.25) is 0 Å². The van der Waals surface area contributed by atoms with E-state index >= 15 is 0 Å². The molecule has 2 aromatic rings. The Hall–Kier alpha value is -2.44. The zero-order valence-corrected chi connectivity index (χ0v) is 11.0. The van der Waals surface area contributed by atoms with Gasteiger partial charge in [0.05, 0.1) is 25.2 Å². The van der Waals surface area contributed by atoms with E-state index in [-0.39, 0.29) is 5.69 Å². The molecule has 0 saturated heterocycles. The van der Waals surface area contributed by atoms with Gasteiger partial charge in [-0.3, -0.25) is 4.68 Å². The molecular weight excluding hydrogens is 246 g/mol. The summed E-state index contributed by atoms with van der Waals surface area (Å²) in [4.78, 5) is 19.3. The second kappa shape index (κ2) is 5.47. The summed E-state index contributed by atoms with van der Waals surface area (Å²) in [5.41, 5.74) is 2.24. The SMILES string of the molecule is COC(=O)c1cnc(NCc2cn(C)nc2C)cn1. The average Bonchev–Trinajstić information content (AvgIpc) is 2.74. The molecule has 1 N–H and O–H groups in total. The van der Waals surface area contributed by atoms with Crippen LogP contribution in [0.4, 0.5) is 5.82 Å². The van der Waals surface area contributed by atoms with E-state index in [0.29, 0.717) is 12.4 Å². The molecule has 7 nitrogen and oxygen atoms in total. The molecule has 0 aromatic carbocycles. The van der Waals surface area contributed by atoms with E-state index in [1.165, 1.54) is 19.5 Å². The number of carbonyl (C=O) groups excluding carboxylic acids is 1. The topological polar surface area (TPSA) is 81.9 Å². The van der Waals surface area contributed by atoms with Crippen LogP contribution in [0.2, 0.25) is 0 Å². The number of nitrogens with one attached hydrogen (secondary N) is 1. The van der Waals surface area contributed by atoms with Gasteiger partial charge >= 0.3 is 5.97 Å². The third-order valence-electron chi connectivity index (χ3n) is 2.62. The quantitative estimate of drug-likeness (QED) is 0.824. The maximum atomic E-state index is 11.2. The molecule has 0 amide bonds. The number of methoxy groups -OCH3 is 1. The number of rotatable bonds is 4. The van der Waals surface area contributed by atoms with Crippen LogP contribution in [-0.2, 0) is 18.3 Å². The normalized spacial score (nSPS) is 10.3. The number of anilines is 1. The zero-order valence-electron chi connectivity index (χ0n) is 11.0. The summed E-state index contributed by atoms with van der Waals surface area (Å²) in [6.45, 7) is 2.55. The summed E-state index contributed by atoms with van der Waals surface area (Å²) in [5.74, 6) is 0.0954. The lowest BCUT2D eigenvalue weighted by Crippen LogP contribution is -2.07. The van der Waals surface area contributed by atoms with Crippen LogP contribution in [0.15, 0.2) is 18.6 Å². The number of esters is 1. The minimum atomic E-state index is -0.498. The number of carbonyl (C=O) groups is 1. The molecule has 0 aliphatic rings. The highest BCUT2D eigenvalue weighted by Gasteiger charge is 2.08. The van der Waals surface area contributed by atoms with Crippen molar-refractivity contribution in [3.8, 4) is 0 Å². The van der Waals surface area contributed by atoms with Gasteiger partial charge < -0.3 is 10.1 Å². The van der Waals surface area contributed by atoms with Crippen LogP contribution in [0.25, 0.3) is 0 Å². The number of aromatic nitrogens is 4. The van der Waals surface area contributed by atoms with Crippen molar-refractivity contribution in [1.82, 2.24) is 19.7 Å². The van der Waals surface area contributed by atoms with Crippen LogP contribution in [0.5, 0.6) is 0 Å². The minimum Gasteiger partial charge on any atom is -0.464 e. The van der Waals surface area contributed by atoms with Crippen LogP contribution >= 0.6 is 0 Å². The number of hydrogen-bond donors (Lipinski definition) is 1. The Morgan fingerprint density at radius 1 is 1.42 bits per heavy atom. The fraction of sp³-hybridized carbons (Fsp3) is 0.333. The zero-order chi connectivity index (χ0) is 13.8. The minimum absolute atomic E-state index is 0.186. The van der Waals surface area contributed by atoms with Gasteiger partial charge in [0.1, 0.15) is 5.82 Å². The highest BCUT2D eigenvalue weighted by molar-refractivity contribution is 5.86. The molecule has 2 heterocycles. The van der Waals surface area contributed by atoms with Crippen molar-refractivity contribution < 1.29 is 9.53 Å². The van der Waals surface area contributed by atoms with Gasteiger partial charge in [-0.25, -0.2) is 14.8 Å². The van der Waals surface area contributed by atoms with Gasteiger partial charge in [0.25, 0.3) is 0 Å². The molecule has 100 valence electrons. The first-order valence-electron chi connectivity index (χ1n) is 5.73. The third-order valence-corrected chi connectivity index (χ3v) is 2.62. The van der Waals surface area contributed by atoms with Gasteiger partial charge in [-0.05, 0) is 6.92 Å². The van der Waals surface area contributed by atoms with E-state index < -0.39 is 5.97 Å². The fourth-order valence-electron chi connectivity index (χ4n) is 1.64. The van der Waals surface area contributed by atoms with Gasteiger partial charge in [0, 0.05) is 25.4 Å². The van der Waals surface area contributed by atoms with Crippen molar-refractivity contribution in [2.24, 2.45) is 7.05 Å². The average molecular weight is 261 g/mol. The number of aryl methyl sites for hydroxylation is 2. The predicted molar refractivity (Wildman–Crippen MR) is 68.6 cm³/mol. The van der Waals surface area contributed by atoms with Gasteiger partial charge in [-0.1, -0.05) is 0 Å². The maximum absolute atomic E-state index is 11.2. The van der Waals surface area contributed by atoms with Gasteiger partial charge in [-0.15, -0.1) is 0 Å². The first kappa shape index (κ1) is 13.0. The van der Waals surface area contributed by atoms with E-state index in [1.54, 1.807) is 4.68 Å². The first-order valence-corrected chi connectivity index (χ1v) is 5.73. The number of hydrogen-bond acceptors (Lipinski definition) is 6. The Morgan fingerprint density at radius 3 is 2.74 bits per heavy atom. The molecule has 19 heavy (non-hydrogen) atoms. The Balaban J connectivity index is 2.00. The Labute approximate surface area is 110 Å². The second-order valence-electron chi connectivity index (χ2n) is 4.05. The molecule has 0 saturated carbocycles. The molecule has 0 spiro atoms. The Bertz CT molecular complexity index is 576. The van der Waals surface area contributed by atoms with E-state index in [1.807, 2.05) is 20.2 Å². The van der Waals surface area contributed by atoms with Crippen LogP contribution < -0.4 is 5.32 Å². The third kappa shape index (κ3) is 3.06. The molecule has 2 rings (SSSR count). The second-order valence-corrected chi connectivity index (χ2v) is 4.05. The Kier molecular flexibility index (Phi) is 3.74. The number of ether oxygens (including phenoxy) is 1. The summed E-state index contributed by atoms with van der Waals surface area (Å²) >= 11 is 0. The Morgan fingerprint density at radius 2 is 2.21 bits per heavy atom. The van der Waals surface area contributed by atoms with Gasteiger partial charge in [0.15, 0.2) is 5.69 Å². The van der Waals surface area contributed by atoms with E-state index in [9.17, 15) is 4.79 Å². The summed E-state index contributed by atoms with van der Waals surface area (Å²) in [6.07, 6.45) is 4.82. The van der Waals surface area contributed by atoms with Gasteiger partial charge in [-0.2, -0.15) is 5.10 Å². The van der Waals surface area contributed by atoms with Crippen LogP contribution in [0.1, 0.15) is 21.7 Å². The largest absolute Gasteiger partial charge is 0.464 e. The van der Waals surface area contributed by atoms with E-state index in [4.69, 9.17) is 0 Å². The summed E-state index contributed by atoms with van der Waals surface area (Å²) in [7, 11) is 3.18. The van der Waals surface area contributed by atoms with Crippen molar-refractivity contribution >= 4 is 11.8 Å². The molecule has 2 aromatic heterocycles. The van der Waals surface area contributed by atoms with Crippen LogP contribution in [-0.4, -0.2) is 32.8 Å². The molecular formula is C12H15N5O2. The smallest absolute Gasteiger partial charge is 0.358 e. The molecule has 7 heteroatoms. The molecule has 0 radical (unpaired) electrons.